The van der Waals surface area contributed by atoms with Crippen molar-refractivity contribution >= 4 is 11.7 Å². The lowest BCUT2D eigenvalue weighted by Gasteiger charge is -2.32. The molecule has 0 atom stereocenters. The van der Waals surface area contributed by atoms with Gasteiger partial charge < -0.3 is 9.64 Å². The van der Waals surface area contributed by atoms with Crippen LogP contribution in [0.25, 0.3) is 5.76 Å². The third-order valence-electron chi connectivity index (χ3n) is 3.22. The van der Waals surface area contributed by atoms with Gasteiger partial charge in [-0.3, -0.25) is 0 Å². The number of halogens is 2. The molecule has 1 aliphatic rings. The summed E-state index contributed by atoms with van der Waals surface area (Å²) in [6.07, 6.45) is -0.321. The van der Waals surface area contributed by atoms with E-state index < -0.39 is 5.92 Å². The van der Waals surface area contributed by atoms with E-state index in [0.29, 0.717) is 24.0 Å². The molecule has 0 aromatic carbocycles. The van der Waals surface area contributed by atoms with Crippen LogP contribution >= 0.6 is 0 Å². The molecule has 2 rings (SSSR count). The van der Waals surface area contributed by atoms with Crippen molar-refractivity contribution < 1.29 is 13.5 Å². The first-order valence-corrected chi connectivity index (χ1v) is 6.72. The van der Waals surface area contributed by atoms with Gasteiger partial charge in [-0.2, -0.15) is 0 Å². The monoisotopic (exact) mass is 283 g/mol. The number of ether oxygens (including phenoxy) is 1. The molecule has 20 heavy (non-hydrogen) atoms. The summed E-state index contributed by atoms with van der Waals surface area (Å²) in [6, 6.07) is 1.78. The van der Waals surface area contributed by atoms with Crippen LogP contribution in [0.3, 0.4) is 0 Å². The van der Waals surface area contributed by atoms with Gasteiger partial charge in [-0.15, -0.1) is 0 Å². The van der Waals surface area contributed by atoms with E-state index in [1.165, 1.54) is 0 Å². The summed E-state index contributed by atoms with van der Waals surface area (Å²) < 4.78 is 31.7. The molecular weight excluding hydrogens is 264 g/mol. The minimum atomic E-state index is -2.57. The molecule has 0 radical (unpaired) electrons. The Labute approximate surface area is 117 Å². The van der Waals surface area contributed by atoms with E-state index in [2.05, 4.69) is 16.5 Å². The van der Waals surface area contributed by atoms with E-state index in [4.69, 9.17) is 4.74 Å². The van der Waals surface area contributed by atoms with Crippen LogP contribution < -0.4 is 4.90 Å². The lowest BCUT2D eigenvalue weighted by molar-refractivity contribution is -0.0222. The maximum Gasteiger partial charge on any atom is 0.251 e. The number of anilines is 1. The molecule has 1 aliphatic heterocycles. The topological polar surface area (TPSA) is 38.2 Å². The number of nitrogens with zero attached hydrogens (tertiary/aromatic N) is 3. The van der Waals surface area contributed by atoms with Crippen LogP contribution in [0.4, 0.5) is 14.7 Å². The molecule has 1 aromatic heterocycles. The molecule has 0 N–H and O–H groups in total. The molecule has 110 valence electrons. The van der Waals surface area contributed by atoms with Crippen molar-refractivity contribution in [3.05, 3.63) is 24.0 Å². The van der Waals surface area contributed by atoms with Gasteiger partial charge in [0.15, 0.2) is 0 Å². The predicted molar refractivity (Wildman–Crippen MR) is 73.8 cm³/mol. The quantitative estimate of drug-likeness (QED) is 0.796. The maximum atomic E-state index is 13.2. The minimum Gasteiger partial charge on any atom is -0.492 e. The molecule has 0 amide bonds. The molecule has 0 saturated carbocycles. The van der Waals surface area contributed by atoms with Crippen molar-refractivity contribution in [2.24, 2.45) is 0 Å². The first kappa shape index (κ1) is 14.7. The van der Waals surface area contributed by atoms with Gasteiger partial charge in [0.1, 0.15) is 11.5 Å². The largest absolute Gasteiger partial charge is 0.492 e. The average molecular weight is 283 g/mol. The van der Waals surface area contributed by atoms with Crippen LogP contribution in [0.1, 0.15) is 31.2 Å². The Morgan fingerprint density at radius 3 is 2.65 bits per heavy atom. The lowest BCUT2D eigenvalue weighted by Crippen LogP contribution is -2.40. The highest BCUT2D eigenvalue weighted by Gasteiger charge is 2.34. The number of aryl methyl sites for hydroxylation is 1. The molecule has 1 fully saturated rings. The Morgan fingerprint density at radius 2 is 2.05 bits per heavy atom. The number of alkyl halides is 2. The number of aromatic nitrogens is 2. The van der Waals surface area contributed by atoms with Gasteiger partial charge in [0.05, 0.1) is 6.61 Å². The highest BCUT2D eigenvalue weighted by atomic mass is 19.3. The van der Waals surface area contributed by atoms with Gasteiger partial charge in [0.25, 0.3) is 5.92 Å². The van der Waals surface area contributed by atoms with Crippen molar-refractivity contribution in [2.45, 2.75) is 32.6 Å². The van der Waals surface area contributed by atoms with Crippen molar-refractivity contribution in [1.29, 1.82) is 0 Å². The molecular formula is C14H19F2N3O. The zero-order valence-electron chi connectivity index (χ0n) is 11.8. The Hall–Kier alpha value is -1.72. The fourth-order valence-corrected chi connectivity index (χ4v) is 2.12. The Balaban J connectivity index is 2.18. The number of rotatable bonds is 4. The van der Waals surface area contributed by atoms with E-state index in [-0.39, 0.29) is 25.9 Å². The molecule has 0 unspecified atom stereocenters. The van der Waals surface area contributed by atoms with Crippen LogP contribution in [0.2, 0.25) is 0 Å². The van der Waals surface area contributed by atoms with Gasteiger partial charge >= 0.3 is 0 Å². The summed E-state index contributed by atoms with van der Waals surface area (Å²) in [5, 5.41) is 0. The van der Waals surface area contributed by atoms with Crippen LogP contribution in [0.5, 0.6) is 0 Å². The summed E-state index contributed by atoms with van der Waals surface area (Å²) >= 11 is 0. The summed E-state index contributed by atoms with van der Waals surface area (Å²) in [7, 11) is 0. The minimum absolute atomic E-state index is 0.161. The van der Waals surface area contributed by atoms with Crippen molar-refractivity contribution in [2.75, 3.05) is 24.6 Å². The van der Waals surface area contributed by atoms with E-state index in [9.17, 15) is 8.78 Å². The predicted octanol–water partition coefficient (Wildman–Crippen LogP) is 3.03. The normalized spacial score (nSPS) is 17.9. The first-order chi connectivity index (χ1) is 9.41. The smallest absolute Gasteiger partial charge is 0.251 e. The van der Waals surface area contributed by atoms with Crippen LogP contribution in [0.15, 0.2) is 12.6 Å². The molecule has 0 spiro atoms. The third-order valence-corrected chi connectivity index (χ3v) is 3.22. The summed E-state index contributed by atoms with van der Waals surface area (Å²) in [5.41, 5.74) is 1.37. The standard InChI is InChI=1S/C14H19F2N3O/c1-4-20-11(3)12-9-10(2)17-13(18-12)19-7-5-14(15,16)6-8-19/h9H,3-8H2,1-2H3. The van der Waals surface area contributed by atoms with Crippen LogP contribution in [0, 0.1) is 6.92 Å². The van der Waals surface area contributed by atoms with Gasteiger partial charge in [-0.25, -0.2) is 18.7 Å². The molecule has 1 saturated heterocycles. The third kappa shape index (κ3) is 3.43. The van der Waals surface area contributed by atoms with Crippen LogP contribution in [-0.2, 0) is 4.74 Å². The highest BCUT2D eigenvalue weighted by Crippen LogP contribution is 2.29. The van der Waals surface area contributed by atoms with Gasteiger partial charge in [0, 0.05) is 31.6 Å². The molecule has 6 heteroatoms. The van der Waals surface area contributed by atoms with Crippen molar-refractivity contribution in [3.63, 3.8) is 0 Å². The average Bonchev–Trinajstić information content (AvgIpc) is 2.38. The van der Waals surface area contributed by atoms with E-state index in [0.717, 1.165) is 5.69 Å². The highest BCUT2D eigenvalue weighted by molar-refractivity contribution is 5.55. The zero-order valence-corrected chi connectivity index (χ0v) is 11.8. The fourth-order valence-electron chi connectivity index (χ4n) is 2.12. The first-order valence-electron chi connectivity index (χ1n) is 6.72. The van der Waals surface area contributed by atoms with E-state index in [1.54, 1.807) is 11.0 Å². The number of hydrogen-bond donors (Lipinski definition) is 0. The van der Waals surface area contributed by atoms with Gasteiger partial charge in [-0.1, -0.05) is 6.58 Å². The lowest BCUT2D eigenvalue weighted by atomic mass is 10.1. The SMILES string of the molecule is C=C(OCC)c1cc(C)nc(N2CCC(F)(F)CC2)n1. The number of piperidine rings is 1. The molecule has 0 bridgehead atoms. The van der Waals surface area contributed by atoms with E-state index >= 15 is 0 Å². The second-order valence-corrected chi connectivity index (χ2v) is 4.89. The fraction of sp³-hybridized carbons (Fsp3) is 0.571. The van der Waals surface area contributed by atoms with Gasteiger partial charge in [0.2, 0.25) is 5.95 Å². The Bertz CT molecular complexity index is 495. The molecule has 0 aliphatic carbocycles. The van der Waals surface area contributed by atoms with Gasteiger partial charge in [-0.05, 0) is 19.9 Å². The van der Waals surface area contributed by atoms with E-state index in [1.807, 2.05) is 13.8 Å². The summed E-state index contributed by atoms with van der Waals surface area (Å²) in [6.45, 7) is 8.55. The molecule has 4 nitrogen and oxygen atoms in total. The second-order valence-electron chi connectivity index (χ2n) is 4.89. The molecule has 1 aromatic rings. The summed E-state index contributed by atoms with van der Waals surface area (Å²) in [5.74, 6) is -1.63. The van der Waals surface area contributed by atoms with Crippen LogP contribution in [-0.4, -0.2) is 35.6 Å². The Morgan fingerprint density at radius 1 is 1.40 bits per heavy atom. The number of hydrogen-bond acceptors (Lipinski definition) is 4. The zero-order chi connectivity index (χ0) is 14.8. The van der Waals surface area contributed by atoms with Crippen molar-refractivity contribution in [3.8, 4) is 0 Å². The van der Waals surface area contributed by atoms with Crippen molar-refractivity contribution in [1.82, 2.24) is 9.97 Å². The Kier molecular flexibility index (Phi) is 4.20. The second kappa shape index (κ2) is 5.73. The molecule has 2 heterocycles. The maximum absolute atomic E-state index is 13.2. The summed E-state index contributed by atoms with van der Waals surface area (Å²) in [4.78, 5) is 10.5.